The summed E-state index contributed by atoms with van der Waals surface area (Å²) in [7, 11) is -1.11. The van der Waals surface area contributed by atoms with Crippen molar-refractivity contribution in [2.24, 2.45) is 7.05 Å². The van der Waals surface area contributed by atoms with Crippen LogP contribution in [0.25, 0.3) is 139 Å². The molecule has 0 spiro atoms. The summed E-state index contributed by atoms with van der Waals surface area (Å²) in [5, 5.41) is 59.4. The molecule has 0 amide bonds. The van der Waals surface area contributed by atoms with Crippen molar-refractivity contribution in [2.45, 2.75) is 62.9 Å². The van der Waals surface area contributed by atoms with E-state index in [-0.39, 0.29) is 60.0 Å². The molecule has 20 aromatic rings. The molecule has 15 aromatic heterocycles. The summed E-state index contributed by atoms with van der Waals surface area (Å²) in [5.74, 6) is 0.492. The van der Waals surface area contributed by atoms with E-state index >= 15 is 0 Å². The van der Waals surface area contributed by atoms with Crippen molar-refractivity contribution in [3.63, 3.8) is 0 Å². The number of carbonyl (C=O) groups excluding carboxylic acids is 1. The fourth-order valence-corrected chi connectivity index (χ4v) is 19.7. The number of hydrogen-bond donors (Lipinski definition) is 10. The fourth-order valence-electron chi connectivity index (χ4n) is 18.0. The van der Waals surface area contributed by atoms with E-state index in [4.69, 9.17) is 68.5 Å². The van der Waals surface area contributed by atoms with Gasteiger partial charge in [-0.1, -0.05) is 97.1 Å². The molecule has 0 saturated carbocycles. The highest BCUT2D eigenvalue weighted by Crippen LogP contribution is 2.40. The number of aryl methyl sites for hydroxylation is 1. The molecule has 5 aromatic carbocycles. The normalized spacial score (nSPS) is 16.4. The first-order valence-electron chi connectivity index (χ1n) is 45.6. The summed E-state index contributed by atoms with van der Waals surface area (Å²) in [6.45, 7) is 5.88. The number of rotatable bonds is 15. The van der Waals surface area contributed by atoms with Crippen LogP contribution in [0.1, 0.15) is 71.8 Å². The number of hydrogen-bond acceptors (Lipinski definition) is 31. The minimum absolute atomic E-state index is 0.0117. The molecule has 15 N–H and O–H groups in total. The van der Waals surface area contributed by atoms with Gasteiger partial charge in [0.25, 0.3) is 0 Å². The van der Waals surface area contributed by atoms with Crippen LogP contribution < -0.4 is 49.1 Å². The lowest BCUT2D eigenvalue weighted by Crippen LogP contribution is -2.43. The molecule has 19 heterocycles. The average Bonchev–Trinajstić information content (AvgIpc) is 1.57. The smallest absolute Gasteiger partial charge is 0.320 e. The second-order valence-electron chi connectivity index (χ2n) is 34.9. The Morgan fingerprint density at radius 3 is 1.29 bits per heavy atom. The van der Waals surface area contributed by atoms with Crippen LogP contribution in [0.5, 0.6) is 0 Å². The van der Waals surface area contributed by atoms with Gasteiger partial charge in [0.1, 0.15) is 46.7 Å². The highest BCUT2D eigenvalue weighted by atomic mass is 79.9. The van der Waals surface area contributed by atoms with Crippen molar-refractivity contribution in [2.75, 3.05) is 102 Å². The van der Waals surface area contributed by atoms with E-state index in [0.717, 1.165) is 148 Å². The second kappa shape index (κ2) is 39.1. The Kier molecular flexibility index (Phi) is 25.6. The number of carbonyl (C=O) groups is 4. The van der Waals surface area contributed by atoms with E-state index in [1.165, 1.54) is 11.4 Å². The predicted molar refractivity (Wildman–Crippen MR) is 543 cm³/mol. The third-order valence-electron chi connectivity index (χ3n) is 25.6. The maximum Gasteiger partial charge on any atom is 0.320 e. The van der Waals surface area contributed by atoms with Crippen LogP contribution in [-0.4, -0.2) is 226 Å². The van der Waals surface area contributed by atoms with Crippen LogP contribution >= 0.6 is 15.9 Å². The molecule has 0 radical (unpaired) electrons. The lowest BCUT2D eigenvalue weighted by molar-refractivity contribution is -0.141. The number of aromatic nitrogens is 21. The number of para-hydroxylation sites is 4. The molecule has 4 aliphatic rings. The number of carboxylic acids is 3. The highest BCUT2D eigenvalue weighted by molar-refractivity contribution is 9.10. The number of carboxylic acid groups (broad SMARTS) is 3. The minimum Gasteiger partial charge on any atom is -0.481 e. The summed E-state index contributed by atoms with van der Waals surface area (Å²) in [6.07, 6.45) is 22.5. The van der Waals surface area contributed by atoms with Crippen molar-refractivity contribution in [1.82, 2.24) is 113 Å². The van der Waals surface area contributed by atoms with Gasteiger partial charge in [-0.15, -0.1) is 0 Å². The molecule has 0 bridgehead atoms. The zero-order valence-corrected chi connectivity index (χ0v) is 78.9. The highest BCUT2D eigenvalue weighted by Gasteiger charge is 2.33. The summed E-state index contributed by atoms with van der Waals surface area (Å²) in [5.41, 5.74) is 51.1. The summed E-state index contributed by atoms with van der Waals surface area (Å²) >= 11 is 3.54. The number of nitrogen functional groups attached to an aromatic ring is 5. The van der Waals surface area contributed by atoms with Crippen molar-refractivity contribution in [1.29, 1.82) is 0 Å². The first kappa shape index (κ1) is 92.7. The number of nitrogens with one attached hydrogen (secondary N) is 2. The van der Waals surface area contributed by atoms with Crippen LogP contribution in [0.2, 0.25) is 0 Å². The quantitative estimate of drug-likeness (QED) is 0.0426. The molecular weight excluding hydrogens is 1890 g/mol. The van der Waals surface area contributed by atoms with Gasteiger partial charge in [0.15, 0.2) is 43.9 Å². The predicted octanol–water partition coefficient (Wildman–Crippen LogP) is 12.0. The van der Waals surface area contributed by atoms with Crippen LogP contribution in [0, 0.1) is 0 Å². The van der Waals surface area contributed by atoms with Crippen LogP contribution in [0.3, 0.4) is 0 Å². The number of anilines is 7. The fraction of sp³-hybridized carbons (Fsp3) is 0.210. The Balaban J connectivity index is 0.000000109. The number of aliphatic carboxylic acids is 3. The van der Waals surface area contributed by atoms with Crippen molar-refractivity contribution in [3.05, 3.63) is 259 Å². The molecule has 142 heavy (non-hydrogen) atoms. The van der Waals surface area contributed by atoms with Gasteiger partial charge in [-0.25, -0.2) is 28.4 Å². The van der Waals surface area contributed by atoms with Gasteiger partial charge in [-0.3, -0.25) is 39.1 Å². The molecule has 0 aliphatic carbocycles. The van der Waals surface area contributed by atoms with E-state index in [1.54, 1.807) is 73.6 Å². The number of ketones is 1. The van der Waals surface area contributed by atoms with Crippen molar-refractivity contribution in [3.8, 4) is 66.9 Å². The van der Waals surface area contributed by atoms with E-state index in [1.807, 2.05) is 175 Å². The Morgan fingerprint density at radius 2 is 0.866 bits per heavy atom. The standard InChI is InChI=1S/C23H16BrN5O2.C21H20N6O3S.C21H20N6O2.C18H17N7O.C17H20N6O2/c24-20-21(14-7-5-13(6-8-14)9-19(30)31)28-23-17(12-27-29(23)22(20)25)16-10-15-3-1-2-4-18(15)26-11-16;1-13(28)18-19(22)27-20(25-21(18)26-6-8-31(29,30)9-7-26)16(12-24-27)15-10-14-4-2-3-5-17(14)23-11-15;22-19-8-18(13-5-6-17(21(28)29)24-9-13)26-20-15(11-25-27(19)20)14-7-12-3-1-2-4-16(12)23-10-14;19-17-23-18(24-5-7-26-8-6-24)22-16-14(11-21-25(16)17)13-9-12-3-1-2-4-15(12)20-10-13;1-22-5-4-11(9-22)12-8-20-23-15(18)6-14(21-16(12)23)10-2-3-13(17(24)25)19-7-10/h1-8,10-12H,9,25H2,(H,30,31);2-5,10-12H,6-9,22H2,1H3;1-4,7-8,10-11,13,17,24H,5-6,9,22H2,(H,28,29);1-4,9-11H,5-8H2,(H2,19,22,23);4-6,8-10,13,19H,2-3,7,18H2,1H3,(H,24,25). The molecule has 4 atom stereocenters. The zero-order chi connectivity index (χ0) is 98.3. The van der Waals surface area contributed by atoms with Crippen LogP contribution in [0.4, 0.5) is 41.0 Å². The van der Waals surface area contributed by atoms with Crippen molar-refractivity contribution < 1.29 is 47.7 Å². The number of ether oxygens (including phenoxy) is 1. The number of nitrogens with two attached hydrogens (primary N) is 5. The largest absolute Gasteiger partial charge is 0.481 e. The van der Waals surface area contributed by atoms with Crippen molar-refractivity contribution >= 4 is 162 Å². The lowest BCUT2D eigenvalue weighted by atomic mass is 9.92. The number of morpholine rings is 1. The topological polar surface area (TPSA) is 553 Å². The van der Waals surface area contributed by atoms with Crippen LogP contribution in [0.15, 0.2) is 236 Å². The summed E-state index contributed by atoms with van der Waals surface area (Å²) in [4.78, 5) is 96.0. The minimum atomic E-state index is -3.08. The maximum absolute atomic E-state index is 12.4. The van der Waals surface area contributed by atoms with E-state index < -0.39 is 39.8 Å². The molecule has 716 valence electrons. The average molecular weight is 1990 g/mol. The number of sulfone groups is 1. The van der Waals surface area contributed by atoms with Gasteiger partial charge >= 0.3 is 17.9 Å². The van der Waals surface area contributed by atoms with E-state index in [2.05, 4.69) is 100 Å². The molecule has 4 unspecified atom stereocenters. The number of halogens is 1. The van der Waals surface area contributed by atoms with Crippen LogP contribution in [-0.2, 0) is 42.4 Å². The number of pyridine rings is 4. The Bertz CT molecular complexity index is 8420. The first-order chi connectivity index (χ1) is 68.8. The SMILES string of the molecule is CC(=O)c1c(N2CCS(=O)(=O)CC2)nc2c(-c3cnc4ccccc4c3)cnn2c1N.Cn1ccc(-c2cnn3c(N)cc(C4CCC(C(=O)O)NC4)nc23)c1.Nc1c(Br)c(-c2ccc(CC(=O)O)cc2)nc2c(-c3cnc4ccccc4c3)cnn12.Nc1cc(C2CCC(C(=O)O)NC2)nc2c(-c3cnc4ccccc4c3)cnn12.Nc1nc(N2CCOCC2)nc2c(-c3cnc4ccccc4c3)cnn12. The van der Waals surface area contributed by atoms with Gasteiger partial charge in [-0.2, -0.15) is 58.0 Å². The lowest BCUT2D eigenvalue weighted by Gasteiger charge is -2.29. The molecule has 4 aliphatic heterocycles. The number of benzene rings is 5. The molecule has 40 nitrogen and oxygen atoms in total. The molecule has 4 saturated heterocycles. The third kappa shape index (κ3) is 18.9. The molecular formula is C100H93BrN30O10S. The van der Waals surface area contributed by atoms with E-state index in [0.29, 0.717) is 113 Å². The Labute approximate surface area is 816 Å². The molecule has 24 rings (SSSR count). The molecule has 4 fully saturated rings. The Hall–Kier alpha value is -17.0. The monoisotopic (exact) mass is 1980 g/mol. The van der Waals surface area contributed by atoms with Gasteiger partial charge in [0.05, 0.1) is 106 Å². The first-order valence-corrected chi connectivity index (χ1v) is 48.2. The van der Waals surface area contributed by atoms with Gasteiger partial charge in [0.2, 0.25) is 11.9 Å². The van der Waals surface area contributed by atoms with Gasteiger partial charge in [-0.05, 0) is 109 Å². The second-order valence-corrected chi connectivity index (χ2v) is 38.0. The number of nitrogens with zero attached hydrogens (tertiary/aromatic N) is 23. The number of piperidine rings is 2. The number of fused-ring (bicyclic) bond motifs is 9. The van der Waals surface area contributed by atoms with E-state index in [9.17, 15) is 32.7 Å². The summed E-state index contributed by atoms with van der Waals surface area (Å²) in [6, 6.07) is 51.8. The zero-order valence-electron chi connectivity index (χ0n) is 76.5. The Morgan fingerprint density at radius 1 is 0.451 bits per heavy atom. The van der Waals surface area contributed by atoms with Gasteiger partial charge < -0.3 is 73.7 Å². The maximum atomic E-state index is 12.4. The van der Waals surface area contributed by atoms with Gasteiger partial charge in [0, 0.05) is 190 Å². The molecule has 42 heteroatoms. The number of Topliss-reactive ketones (excluding diaryl/α,β-unsaturated/α-hetero) is 1. The summed E-state index contributed by atoms with van der Waals surface area (Å²) < 4.78 is 39.6. The third-order valence-corrected chi connectivity index (χ3v) is 28.0.